The van der Waals surface area contributed by atoms with Crippen molar-refractivity contribution in [3.8, 4) is 0 Å². The van der Waals surface area contributed by atoms with E-state index in [1.165, 1.54) is 28.8 Å². The third kappa shape index (κ3) is 9.97. The van der Waals surface area contributed by atoms with Crippen molar-refractivity contribution in [2.24, 2.45) is 0 Å². The molecule has 2 atom stereocenters. The largest absolute Gasteiger partial charge is 3.00 e. The van der Waals surface area contributed by atoms with Gasteiger partial charge in [0, 0.05) is 9.92 Å². The van der Waals surface area contributed by atoms with E-state index in [0.717, 1.165) is 0 Å². The molecular weight excluding hydrogens is 612 g/mol. The van der Waals surface area contributed by atoms with E-state index in [2.05, 4.69) is 43.7 Å². The predicted octanol–water partition coefficient (Wildman–Crippen LogP) is 5.55. The summed E-state index contributed by atoms with van der Waals surface area (Å²) in [6.45, 7) is 6.38. The summed E-state index contributed by atoms with van der Waals surface area (Å²) in [6, 6.07) is 29.0. The molecule has 0 aromatic heterocycles. The van der Waals surface area contributed by atoms with Crippen molar-refractivity contribution in [2.75, 3.05) is 0 Å². The maximum Gasteiger partial charge on any atom is 3.00 e. The number of sulfonamides is 1. The Labute approximate surface area is 244 Å². The quantitative estimate of drug-likeness (QED) is 0.259. The smallest absolute Gasteiger partial charge is 1.00 e. The minimum Gasteiger partial charge on any atom is -1.00 e. The van der Waals surface area contributed by atoms with Gasteiger partial charge in [0.05, 0.1) is 0 Å². The van der Waals surface area contributed by atoms with E-state index in [4.69, 9.17) is 17.3 Å². The van der Waals surface area contributed by atoms with Gasteiger partial charge >= 0.3 is 19.5 Å². The SMILES string of the molecule is Cc1cc(C)cc(C)c1.[Cl-].[NH-][C@H](c1ccccc1)[C@H]([N-]S(=O)(=O)c1cccc(Cl)c1)c1ccccc1.[Ru+3]. The normalized spacial score (nSPS) is 12.1. The van der Waals surface area contributed by atoms with Crippen molar-refractivity contribution >= 4 is 21.6 Å². The number of rotatable bonds is 6. The van der Waals surface area contributed by atoms with Crippen molar-refractivity contribution in [3.63, 3.8) is 0 Å². The van der Waals surface area contributed by atoms with Crippen LogP contribution in [0.5, 0.6) is 0 Å². The monoisotopic (exact) mass is 641 g/mol. The van der Waals surface area contributed by atoms with Crippen molar-refractivity contribution < 1.29 is 40.3 Å². The van der Waals surface area contributed by atoms with Gasteiger partial charge in [0.15, 0.2) is 0 Å². The number of aryl methyl sites for hydroxylation is 3. The van der Waals surface area contributed by atoms with Crippen LogP contribution < -0.4 is 12.4 Å². The average molecular weight is 642 g/mol. The summed E-state index contributed by atoms with van der Waals surface area (Å²) in [5.41, 5.74) is 14.0. The fraction of sp³-hybridized carbons (Fsp3) is 0.172. The summed E-state index contributed by atoms with van der Waals surface area (Å²) < 4.78 is 29.7. The Morgan fingerprint density at radius 1 is 0.703 bits per heavy atom. The number of hydrogen-bond donors (Lipinski definition) is 0. The molecule has 8 heteroatoms. The molecule has 37 heavy (non-hydrogen) atoms. The van der Waals surface area contributed by atoms with Gasteiger partial charge in [-0.15, -0.1) is 12.1 Å². The van der Waals surface area contributed by atoms with E-state index in [1.807, 2.05) is 36.4 Å². The fourth-order valence-corrected chi connectivity index (χ4v) is 5.29. The maximum absolute atomic E-state index is 12.8. The molecule has 1 N–H and O–H groups in total. The maximum atomic E-state index is 12.8. The number of nitrogens with zero attached hydrogens (tertiary/aromatic N) is 1. The Hall–Kier alpha value is -2.05. The molecule has 0 bridgehead atoms. The Kier molecular flexibility index (Phi) is 13.7. The second kappa shape index (κ2) is 15.4. The molecule has 0 saturated heterocycles. The van der Waals surface area contributed by atoms with Crippen LogP contribution in [0.2, 0.25) is 5.02 Å². The molecule has 4 rings (SSSR count). The number of nitrogens with one attached hydrogen (secondary N) is 1. The summed E-state index contributed by atoms with van der Waals surface area (Å²) in [5.74, 6) is 0. The van der Waals surface area contributed by atoms with Gasteiger partial charge in [-0.1, -0.05) is 124 Å². The standard InChI is InChI=1S/C20H17ClN2O2S.C9H12.ClH.Ru/c21-17-12-7-13-18(14-17)26(24,25)23-20(16-10-5-2-6-11-16)19(22)15-8-3-1-4-9-15;1-7-4-8(2)6-9(3)5-7;;/h1-14,19-20,22H;4-6H,1-3H3;1H;/q-2;;;+3/p-1/t19-,20-;;;/m1.../s1. The van der Waals surface area contributed by atoms with E-state index in [1.54, 1.807) is 36.4 Å². The van der Waals surface area contributed by atoms with Gasteiger partial charge < -0.3 is 22.9 Å². The van der Waals surface area contributed by atoms with Crippen LogP contribution in [0.1, 0.15) is 39.9 Å². The van der Waals surface area contributed by atoms with Crippen LogP contribution in [0, 0.1) is 20.8 Å². The molecule has 1 radical (unpaired) electrons. The predicted molar refractivity (Wildman–Crippen MR) is 145 cm³/mol. The summed E-state index contributed by atoms with van der Waals surface area (Å²) in [5, 5.41) is 0.322. The fourth-order valence-electron chi connectivity index (χ4n) is 3.85. The zero-order valence-electron chi connectivity index (χ0n) is 20.8. The molecule has 195 valence electrons. The van der Waals surface area contributed by atoms with Crippen molar-refractivity contribution in [1.82, 2.24) is 0 Å². The first-order valence-electron chi connectivity index (χ1n) is 11.2. The number of halogens is 2. The first-order chi connectivity index (χ1) is 16.7. The summed E-state index contributed by atoms with van der Waals surface area (Å²) >= 11 is 5.92. The molecule has 4 aromatic rings. The second-order valence-electron chi connectivity index (χ2n) is 8.45. The van der Waals surface area contributed by atoms with Gasteiger partial charge in [-0.25, -0.2) is 8.42 Å². The molecule has 0 saturated carbocycles. The Morgan fingerprint density at radius 2 is 1.16 bits per heavy atom. The van der Waals surface area contributed by atoms with E-state index in [9.17, 15) is 8.42 Å². The molecule has 0 aliphatic heterocycles. The second-order valence-corrected chi connectivity index (χ2v) is 10.5. The average Bonchev–Trinajstić information content (AvgIpc) is 2.83. The van der Waals surface area contributed by atoms with Gasteiger partial charge in [0.1, 0.15) is 10.0 Å². The van der Waals surface area contributed by atoms with Gasteiger partial charge in [0.25, 0.3) is 0 Å². The zero-order valence-corrected chi connectivity index (χ0v) is 24.8. The minimum absolute atomic E-state index is 0. The van der Waals surface area contributed by atoms with Crippen LogP contribution in [0.3, 0.4) is 0 Å². The van der Waals surface area contributed by atoms with Crippen LogP contribution in [0.25, 0.3) is 10.5 Å². The van der Waals surface area contributed by atoms with Gasteiger partial charge in [-0.05, 0) is 39.0 Å². The summed E-state index contributed by atoms with van der Waals surface area (Å²) in [6.07, 6.45) is 0. The molecule has 0 aliphatic rings. The van der Waals surface area contributed by atoms with Crippen molar-refractivity contribution in [2.45, 2.75) is 37.8 Å². The molecule has 0 amide bonds. The van der Waals surface area contributed by atoms with Crippen molar-refractivity contribution in [1.29, 1.82) is 0 Å². The molecule has 4 nitrogen and oxygen atoms in total. The van der Waals surface area contributed by atoms with Gasteiger partial charge in [-0.3, -0.25) is 0 Å². The number of hydrogen-bond acceptors (Lipinski definition) is 2. The third-order valence-corrected chi connectivity index (χ3v) is 6.92. The van der Waals surface area contributed by atoms with E-state index in [0.29, 0.717) is 16.1 Å². The minimum atomic E-state index is -3.96. The molecule has 0 spiro atoms. The zero-order chi connectivity index (χ0) is 25.4. The molecule has 0 aliphatic carbocycles. The third-order valence-electron chi connectivity index (χ3n) is 5.33. The van der Waals surface area contributed by atoms with E-state index < -0.39 is 22.1 Å². The Morgan fingerprint density at radius 3 is 1.62 bits per heavy atom. The molecule has 4 aromatic carbocycles. The Bertz CT molecular complexity index is 1300. The van der Waals surface area contributed by atoms with E-state index >= 15 is 0 Å². The molecule has 0 heterocycles. The first-order valence-corrected chi connectivity index (χ1v) is 13.1. The first kappa shape index (κ1) is 33.0. The van der Waals surface area contributed by atoms with Crippen LogP contribution in [-0.2, 0) is 29.5 Å². The van der Waals surface area contributed by atoms with E-state index in [-0.39, 0.29) is 36.8 Å². The number of benzene rings is 4. The molecule has 0 unspecified atom stereocenters. The summed E-state index contributed by atoms with van der Waals surface area (Å²) in [4.78, 5) is 0.0196. The summed E-state index contributed by atoms with van der Waals surface area (Å²) in [7, 11) is -3.96. The van der Waals surface area contributed by atoms with Gasteiger partial charge in [-0.2, -0.15) is 0 Å². The van der Waals surface area contributed by atoms with Crippen LogP contribution >= 0.6 is 11.6 Å². The molecule has 0 fully saturated rings. The van der Waals surface area contributed by atoms with Gasteiger partial charge in [0.2, 0.25) is 0 Å². The van der Waals surface area contributed by atoms with Crippen LogP contribution in [0.15, 0.2) is 108 Å². The van der Waals surface area contributed by atoms with Crippen LogP contribution in [0.4, 0.5) is 0 Å². The molecular formula is C29H29Cl2N2O2RuS. The van der Waals surface area contributed by atoms with Crippen LogP contribution in [-0.4, -0.2) is 8.42 Å². The van der Waals surface area contributed by atoms with Crippen molar-refractivity contribution in [3.05, 3.63) is 146 Å². The Balaban J connectivity index is 0.000000530. The topological polar surface area (TPSA) is 72.0 Å².